The van der Waals surface area contributed by atoms with Crippen LogP contribution in [-0.4, -0.2) is 11.0 Å². The van der Waals surface area contributed by atoms with Crippen molar-refractivity contribution in [3.8, 4) is 0 Å². The van der Waals surface area contributed by atoms with Gasteiger partial charge in [-0.15, -0.1) is 11.3 Å². The first-order valence-corrected chi connectivity index (χ1v) is 8.73. The van der Waals surface area contributed by atoms with Crippen LogP contribution in [0.4, 0.5) is 0 Å². The fraction of sp³-hybridized carbons (Fsp3) is 0.588. The van der Waals surface area contributed by atoms with Gasteiger partial charge in [0.05, 0.1) is 15.2 Å². The van der Waals surface area contributed by atoms with Gasteiger partial charge in [0, 0.05) is 12.5 Å². The van der Waals surface area contributed by atoms with E-state index in [1.807, 2.05) is 0 Å². The van der Waals surface area contributed by atoms with Crippen LogP contribution < -0.4 is 5.73 Å². The van der Waals surface area contributed by atoms with Crippen LogP contribution in [-0.2, 0) is 6.42 Å². The highest BCUT2D eigenvalue weighted by Crippen LogP contribution is 2.28. The predicted molar refractivity (Wildman–Crippen MR) is 87.1 cm³/mol. The molecule has 1 aromatic heterocycles. The van der Waals surface area contributed by atoms with Crippen molar-refractivity contribution in [2.24, 2.45) is 11.7 Å². The average Bonchev–Trinajstić information content (AvgIpc) is 2.66. The van der Waals surface area contributed by atoms with Gasteiger partial charge < -0.3 is 5.73 Å². The third-order valence-corrected chi connectivity index (χ3v) is 5.44. The van der Waals surface area contributed by atoms with Gasteiger partial charge in [-0.25, -0.2) is 4.98 Å². The molecule has 1 atom stereocenters. The standard InChI is InChI=1S/C17H24N2S/c18-14(11-13-7-3-1-2-4-8-13)12-17-19-15-9-5-6-10-16(15)20-17/h5-6,9-10,13-14H,1-4,7-8,11-12,18H2. The molecule has 1 aliphatic carbocycles. The second-order valence-corrected chi connectivity index (χ2v) is 7.25. The Morgan fingerprint density at radius 1 is 1.15 bits per heavy atom. The lowest BCUT2D eigenvalue weighted by Gasteiger charge is -2.18. The summed E-state index contributed by atoms with van der Waals surface area (Å²) in [5.74, 6) is 0.849. The fourth-order valence-corrected chi connectivity index (χ4v) is 4.40. The zero-order valence-corrected chi connectivity index (χ0v) is 12.9. The number of nitrogens with two attached hydrogens (primary N) is 1. The first-order valence-electron chi connectivity index (χ1n) is 7.91. The number of fused-ring (bicyclic) bond motifs is 1. The number of rotatable bonds is 4. The summed E-state index contributed by atoms with van der Waals surface area (Å²) in [5.41, 5.74) is 7.50. The summed E-state index contributed by atoms with van der Waals surface area (Å²) >= 11 is 1.80. The van der Waals surface area contributed by atoms with E-state index in [1.54, 1.807) is 11.3 Å². The van der Waals surface area contributed by atoms with E-state index >= 15 is 0 Å². The fourth-order valence-electron chi connectivity index (χ4n) is 3.34. The number of hydrogen-bond acceptors (Lipinski definition) is 3. The lowest BCUT2D eigenvalue weighted by Crippen LogP contribution is -2.26. The lowest BCUT2D eigenvalue weighted by atomic mass is 9.92. The van der Waals surface area contributed by atoms with Crippen LogP contribution in [0.15, 0.2) is 24.3 Å². The predicted octanol–water partition coefficient (Wildman–Crippen LogP) is 4.53. The molecule has 0 spiro atoms. The van der Waals surface area contributed by atoms with E-state index < -0.39 is 0 Å². The number of aromatic nitrogens is 1. The smallest absolute Gasteiger partial charge is 0.0954 e. The van der Waals surface area contributed by atoms with Gasteiger partial charge >= 0.3 is 0 Å². The highest BCUT2D eigenvalue weighted by Gasteiger charge is 2.17. The van der Waals surface area contributed by atoms with Crippen molar-refractivity contribution in [1.29, 1.82) is 0 Å². The Morgan fingerprint density at radius 3 is 2.65 bits per heavy atom. The van der Waals surface area contributed by atoms with Crippen molar-refractivity contribution in [1.82, 2.24) is 4.98 Å². The quantitative estimate of drug-likeness (QED) is 0.840. The monoisotopic (exact) mass is 288 g/mol. The molecule has 1 heterocycles. The van der Waals surface area contributed by atoms with Gasteiger partial charge in [0.1, 0.15) is 0 Å². The molecule has 0 amide bonds. The molecule has 0 bridgehead atoms. The maximum absolute atomic E-state index is 6.38. The highest BCUT2D eigenvalue weighted by atomic mass is 32.1. The Kier molecular flexibility index (Phi) is 4.69. The molecule has 2 N–H and O–H groups in total. The maximum Gasteiger partial charge on any atom is 0.0954 e. The van der Waals surface area contributed by atoms with E-state index in [0.29, 0.717) is 0 Å². The molecule has 1 unspecified atom stereocenters. The first kappa shape index (κ1) is 14.0. The van der Waals surface area contributed by atoms with Crippen LogP contribution in [0.2, 0.25) is 0 Å². The molecular formula is C17H24N2S. The molecule has 3 heteroatoms. The van der Waals surface area contributed by atoms with Crippen molar-refractivity contribution in [2.75, 3.05) is 0 Å². The molecular weight excluding hydrogens is 264 g/mol. The molecule has 2 nitrogen and oxygen atoms in total. The molecule has 0 saturated heterocycles. The van der Waals surface area contributed by atoms with Crippen LogP contribution in [0.1, 0.15) is 50.0 Å². The number of thiazole rings is 1. The van der Waals surface area contributed by atoms with Gasteiger partial charge in [-0.2, -0.15) is 0 Å². The zero-order valence-electron chi connectivity index (χ0n) is 12.1. The van der Waals surface area contributed by atoms with Gasteiger partial charge in [-0.05, 0) is 24.5 Å². The van der Waals surface area contributed by atoms with Gasteiger partial charge in [0.2, 0.25) is 0 Å². The lowest BCUT2D eigenvalue weighted by molar-refractivity contribution is 0.387. The number of para-hydroxylation sites is 1. The van der Waals surface area contributed by atoms with Crippen LogP contribution in [0, 0.1) is 5.92 Å². The summed E-state index contributed by atoms with van der Waals surface area (Å²) in [6.07, 6.45) is 10.5. The van der Waals surface area contributed by atoms with Crippen LogP contribution >= 0.6 is 11.3 Å². The van der Waals surface area contributed by atoms with E-state index in [1.165, 1.54) is 54.7 Å². The summed E-state index contributed by atoms with van der Waals surface area (Å²) < 4.78 is 1.28. The van der Waals surface area contributed by atoms with Crippen molar-refractivity contribution < 1.29 is 0 Å². The minimum Gasteiger partial charge on any atom is -0.327 e. The van der Waals surface area contributed by atoms with E-state index in [4.69, 9.17) is 10.7 Å². The molecule has 1 aliphatic rings. The Morgan fingerprint density at radius 2 is 1.90 bits per heavy atom. The largest absolute Gasteiger partial charge is 0.327 e. The molecule has 1 fully saturated rings. The van der Waals surface area contributed by atoms with E-state index in [-0.39, 0.29) is 6.04 Å². The van der Waals surface area contributed by atoms with Gasteiger partial charge in [0.25, 0.3) is 0 Å². The second-order valence-electron chi connectivity index (χ2n) is 6.13. The Hall–Kier alpha value is -0.930. The molecule has 1 saturated carbocycles. The van der Waals surface area contributed by atoms with Crippen LogP contribution in [0.25, 0.3) is 10.2 Å². The molecule has 20 heavy (non-hydrogen) atoms. The third-order valence-electron chi connectivity index (χ3n) is 4.39. The van der Waals surface area contributed by atoms with Gasteiger partial charge in [0.15, 0.2) is 0 Å². The molecule has 2 aromatic rings. The van der Waals surface area contributed by atoms with E-state index in [0.717, 1.165) is 17.9 Å². The van der Waals surface area contributed by atoms with E-state index in [2.05, 4.69) is 24.3 Å². The minimum atomic E-state index is 0.277. The normalized spacial score (nSPS) is 19.1. The molecule has 3 rings (SSSR count). The van der Waals surface area contributed by atoms with E-state index in [9.17, 15) is 0 Å². The molecule has 1 aromatic carbocycles. The maximum atomic E-state index is 6.38. The summed E-state index contributed by atoms with van der Waals surface area (Å²) in [5, 5.41) is 1.20. The molecule has 108 valence electrons. The highest BCUT2D eigenvalue weighted by molar-refractivity contribution is 7.18. The average molecular weight is 288 g/mol. The number of hydrogen-bond donors (Lipinski definition) is 1. The Labute approximate surface area is 125 Å². The second kappa shape index (κ2) is 6.68. The van der Waals surface area contributed by atoms with Crippen LogP contribution in [0.5, 0.6) is 0 Å². The molecule has 0 radical (unpaired) electrons. The summed E-state index contributed by atoms with van der Waals surface area (Å²) in [4.78, 5) is 4.70. The SMILES string of the molecule is NC(Cc1nc2ccccc2s1)CC1CCCCCC1. The van der Waals surface area contributed by atoms with Crippen molar-refractivity contribution in [2.45, 2.75) is 57.4 Å². The van der Waals surface area contributed by atoms with Crippen molar-refractivity contribution in [3.05, 3.63) is 29.3 Å². The van der Waals surface area contributed by atoms with Gasteiger partial charge in [-0.1, -0.05) is 50.7 Å². The summed E-state index contributed by atoms with van der Waals surface area (Å²) in [6, 6.07) is 8.64. The minimum absolute atomic E-state index is 0.277. The van der Waals surface area contributed by atoms with Crippen molar-refractivity contribution >= 4 is 21.6 Å². The topological polar surface area (TPSA) is 38.9 Å². The van der Waals surface area contributed by atoms with Gasteiger partial charge in [-0.3, -0.25) is 0 Å². The third kappa shape index (κ3) is 3.58. The summed E-state index contributed by atoms with van der Waals surface area (Å²) in [7, 11) is 0. The number of nitrogens with zero attached hydrogens (tertiary/aromatic N) is 1. The van der Waals surface area contributed by atoms with Crippen molar-refractivity contribution in [3.63, 3.8) is 0 Å². The summed E-state index contributed by atoms with van der Waals surface area (Å²) in [6.45, 7) is 0. The zero-order chi connectivity index (χ0) is 13.8. The first-order chi connectivity index (χ1) is 9.81. The molecule has 0 aliphatic heterocycles. The number of benzene rings is 1. The Balaban J connectivity index is 1.58. The van der Waals surface area contributed by atoms with Crippen LogP contribution in [0.3, 0.4) is 0 Å². The Bertz CT molecular complexity index is 508.